The summed E-state index contributed by atoms with van der Waals surface area (Å²) in [5, 5.41) is 2.01. The second-order valence-electron chi connectivity index (χ2n) is 2.94. The van der Waals surface area contributed by atoms with Gasteiger partial charge < -0.3 is 4.98 Å². The fourth-order valence-electron chi connectivity index (χ4n) is 1.34. The number of nitrogens with zero attached hydrogens (tertiary/aromatic N) is 1. The Balaban J connectivity index is 2.90. The van der Waals surface area contributed by atoms with E-state index in [0.717, 1.165) is 22.2 Å². The summed E-state index contributed by atoms with van der Waals surface area (Å²) in [4.78, 5) is 18.5. The lowest BCUT2D eigenvalue weighted by atomic mass is 10.2. The van der Waals surface area contributed by atoms with Crippen molar-refractivity contribution < 1.29 is 0 Å². The Morgan fingerprint density at radius 2 is 2.38 bits per heavy atom. The van der Waals surface area contributed by atoms with Crippen molar-refractivity contribution in [1.29, 1.82) is 0 Å². The molecule has 68 valence electrons. The number of nitrogens with one attached hydrogen (secondary N) is 1. The Morgan fingerprint density at radius 3 is 3.08 bits per heavy atom. The predicted octanol–water partition coefficient (Wildman–Crippen LogP) is 1.86. The van der Waals surface area contributed by atoms with Crippen molar-refractivity contribution in [3.8, 4) is 0 Å². The molecule has 0 aliphatic heterocycles. The van der Waals surface area contributed by atoms with Crippen molar-refractivity contribution in [2.45, 2.75) is 20.3 Å². The van der Waals surface area contributed by atoms with Crippen LogP contribution in [0.5, 0.6) is 0 Å². The SMILES string of the molecule is CCc1csc2c(=O)[nH]c(C)nc12. The van der Waals surface area contributed by atoms with Gasteiger partial charge in [-0.25, -0.2) is 4.98 Å². The molecule has 0 fully saturated rings. The fraction of sp³-hybridized carbons (Fsp3) is 0.333. The molecule has 0 saturated carbocycles. The summed E-state index contributed by atoms with van der Waals surface area (Å²) in [6, 6.07) is 0. The molecule has 0 unspecified atom stereocenters. The van der Waals surface area contributed by atoms with E-state index >= 15 is 0 Å². The van der Waals surface area contributed by atoms with Crippen molar-refractivity contribution in [2.75, 3.05) is 0 Å². The van der Waals surface area contributed by atoms with E-state index in [9.17, 15) is 4.79 Å². The van der Waals surface area contributed by atoms with Crippen LogP contribution in [0.1, 0.15) is 18.3 Å². The average Bonchev–Trinajstić information content (AvgIpc) is 2.47. The maximum Gasteiger partial charge on any atom is 0.268 e. The number of hydrogen-bond acceptors (Lipinski definition) is 3. The summed E-state index contributed by atoms with van der Waals surface area (Å²) < 4.78 is 0.738. The highest BCUT2D eigenvalue weighted by atomic mass is 32.1. The van der Waals surface area contributed by atoms with Gasteiger partial charge in [0.05, 0.1) is 5.52 Å². The molecule has 0 aliphatic rings. The third kappa shape index (κ3) is 1.27. The van der Waals surface area contributed by atoms with Gasteiger partial charge in [-0.2, -0.15) is 0 Å². The van der Waals surface area contributed by atoms with Crippen LogP contribution in [0.4, 0.5) is 0 Å². The lowest BCUT2D eigenvalue weighted by Crippen LogP contribution is -2.07. The molecule has 2 heterocycles. The van der Waals surface area contributed by atoms with Gasteiger partial charge in [-0.15, -0.1) is 11.3 Å². The van der Waals surface area contributed by atoms with E-state index in [1.807, 2.05) is 5.38 Å². The summed E-state index contributed by atoms with van der Waals surface area (Å²) in [6.45, 7) is 3.87. The highest BCUT2D eigenvalue weighted by Crippen LogP contribution is 2.20. The highest BCUT2D eigenvalue weighted by Gasteiger charge is 2.07. The van der Waals surface area contributed by atoms with E-state index in [4.69, 9.17) is 0 Å². The summed E-state index contributed by atoms with van der Waals surface area (Å²) in [7, 11) is 0. The summed E-state index contributed by atoms with van der Waals surface area (Å²) >= 11 is 1.47. The highest BCUT2D eigenvalue weighted by molar-refractivity contribution is 7.17. The van der Waals surface area contributed by atoms with E-state index in [1.165, 1.54) is 11.3 Å². The van der Waals surface area contributed by atoms with E-state index < -0.39 is 0 Å². The van der Waals surface area contributed by atoms with Gasteiger partial charge in [0.25, 0.3) is 5.56 Å². The first-order valence-electron chi connectivity index (χ1n) is 4.19. The zero-order chi connectivity index (χ0) is 9.42. The molecular weight excluding hydrogens is 184 g/mol. The van der Waals surface area contributed by atoms with Crippen molar-refractivity contribution >= 4 is 21.6 Å². The van der Waals surface area contributed by atoms with Gasteiger partial charge in [0.15, 0.2) is 0 Å². The normalized spacial score (nSPS) is 10.9. The minimum absolute atomic E-state index is 0.0211. The standard InChI is InChI=1S/C9H10N2OS/c1-3-6-4-13-8-7(6)10-5(2)11-9(8)12/h4H,3H2,1-2H3,(H,10,11,12). The molecule has 13 heavy (non-hydrogen) atoms. The molecule has 2 aromatic rings. The smallest absolute Gasteiger partial charge is 0.268 e. The molecule has 2 rings (SSSR count). The first-order chi connectivity index (χ1) is 6.22. The van der Waals surface area contributed by atoms with Crippen LogP contribution in [0.25, 0.3) is 10.2 Å². The summed E-state index contributed by atoms with van der Waals surface area (Å²) in [5.41, 5.74) is 2.01. The van der Waals surface area contributed by atoms with Crippen LogP contribution < -0.4 is 5.56 Å². The molecule has 0 saturated heterocycles. The molecular formula is C9H10N2OS. The monoisotopic (exact) mass is 194 g/mol. The van der Waals surface area contributed by atoms with Crippen molar-refractivity contribution in [3.05, 3.63) is 27.1 Å². The quantitative estimate of drug-likeness (QED) is 0.753. The molecule has 0 amide bonds. The molecule has 4 heteroatoms. The maximum absolute atomic E-state index is 11.4. The molecule has 0 spiro atoms. The number of H-pyrrole nitrogens is 1. The van der Waals surface area contributed by atoms with Gasteiger partial charge in [0.1, 0.15) is 10.5 Å². The zero-order valence-corrected chi connectivity index (χ0v) is 8.36. The van der Waals surface area contributed by atoms with Crippen LogP contribution in [0.2, 0.25) is 0 Å². The first-order valence-corrected chi connectivity index (χ1v) is 5.07. The predicted molar refractivity (Wildman–Crippen MR) is 54.4 cm³/mol. The van der Waals surface area contributed by atoms with Crippen LogP contribution >= 0.6 is 11.3 Å². The molecule has 0 radical (unpaired) electrons. The third-order valence-electron chi connectivity index (χ3n) is 2.00. The number of fused-ring (bicyclic) bond motifs is 1. The number of aromatic nitrogens is 2. The van der Waals surface area contributed by atoms with Crippen LogP contribution in [-0.2, 0) is 6.42 Å². The minimum Gasteiger partial charge on any atom is -0.310 e. The van der Waals surface area contributed by atoms with Gasteiger partial charge >= 0.3 is 0 Å². The van der Waals surface area contributed by atoms with Crippen LogP contribution in [0.3, 0.4) is 0 Å². The zero-order valence-electron chi connectivity index (χ0n) is 7.55. The Morgan fingerprint density at radius 1 is 1.62 bits per heavy atom. The van der Waals surface area contributed by atoms with Gasteiger partial charge in [0.2, 0.25) is 0 Å². The summed E-state index contributed by atoms with van der Waals surface area (Å²) in [5.74, 6) is 0.686. The fourth-order valence-corrected chi connectivity index (χ4v) is 2.32. The molecule has 0 aliphatic carbocycles. The first kappa shape index (κ1) is 8.44. The Kier molecular flexibility index (Phi) is 1.92. The minimum atomic E-state index is -0.0211. The van der Waals surface area contributed by atoms with Gasteiger partial charge in [-0.3, -0.25) is 4.79 Å². The van der Waals surface area contributed by atoms with E-state index in [2.05, 4.69) is 16.9 Å². The van der Waals surface area contributed by atoms with Crippen molar-refractivity contribution in [3.63, 3.8) is 0 Å². The maximum atomic E-state index is 11.4. The van der Waals surface area contributed by atoms with Gasteiger partial charge in [-0.1, -0.05) is 6.92 Å². The van der Waals surface area contributed by atoms with E-state index in [0.29, 0.717) is 5.82 Å². The largest absolute Gasteiger partial charge is 0.310 e. The molecule has 2 aromatic heterocycles. The van der Waals surface area contributed by atoms with Gasteiger partial charge in [-0.05, 0) is 24.3 Å². The lowest BCUT2D eigenvalue weighted by molar-refractivity contribution is 1.05. The van der Waals surface area contributed by atoms with E-state index in [1.54, 1.807) is 6.92 Å². The lowest BCUT2D eigenvalue weighted by Gasteiger charge is -1.94. The molecule has 3 nitrogen and oxygen atoms in total. The number of hydrogen-bond donors (Lipinski definition) is 1. The van der Waals surface area contributed by atoms with E-state index in [-0.39, 0.29) is 5.56 Å². The topological polar surface area (TPSA) is 45.8 Å². The second kappa shape index (κ2) is 2.96. The number of aromatic amines is 1. The number of aryl methyl sites for hydroxylation is 2. The van der Waals surface area contributed by atoms with Crippen molar-refractivity contribution in [2.24, 2.45) is 0 Å². The number of thiophene rings is 1. The molecule has 0 atom stereocenters. The van der Waals surface area contributed by atoms with Crippen molar-refractivity contribution in [1.82, 2.24) is 9.97 Å². The Labute approximate surface area is 79.4 Å². The molecule has 0 bridgehead atoms. The van der Waals surface area contributed by atoms with Gasteiger partial charge in [0, 0.05) is 0 Å². The van der Waals surface area contributed by atoms with Crippen LogP contribution in [0, 0.1) is 6.92 Å². The third-order valence-corrected chi connectivity index (χ3v) is 3.02. The molecule has 0 aromatic carbocycles. The Bertz CT molecular complexity index is 498. The average molecular weight is 194 g/mol. The summed E-state index contributed by atoms with van der Waals surface area (Å²) in [6.07, 6.45) is 0.926. The second-order valence-corrected chi connectivity index (χ2v) is 3.82. The van der Waals surface area contributed by atoms with Crippen LogP contribution in [-0.4, -0.2) is 9.97 Å². The Hall–Kier alpha value is -1.16. The number of rotatable bonds is 1. The molecule has 1 N–H and O–H groups in total. The van der Waals surface area contributed by atoms with Crippen LogP contribution in [0.15, 0.2) is 10.2 Å².